The van der Waals surface area contributed by atoms with E-state index in [1.807, 2.05) is 0 Å². The fourth-order valence-electron chi connectivity index (χ4n) is 3.30. The van der Waals surface area contributed by atoms with Gasteiger partial charge in [-0.05, 0) is 34.4 Å². The van der Waals surface area contributed by atoms with Gasteiger partial charge in [-0.1, -0.05) is 51.1 Å². The van der Waals surface area contributed by atoms with Crippen LogP contribution in [0.1, 0.15) is 26.3 Å². The Morgan fingerprint density at radius 1 is 0.913 bits per heavy atom. The minimum atomic E-state index is -0.0174. The van der Waals surface area contributed by atoms with Gasteiger partial charge in [-0.25, -0.2) is 0 Å². The SMILES string of the molecule is COc1cc(C(C)(C)C)c2oc3ccc4ccccc4c3c2c1. The Kier molecular flexibility index (Phi) is 2.92. The van der Waals surface area contributed by atoms with Gasteiger partial charge in [-0.15, -0.1) is 0 Å². The van der Waals surface area contributed by atoms with Crippen LogP contribution in [-0.2, 0) is 5.41 Å². The van der Waals surface area contributed by atoms with E-state index in [9.17, 15) is 0 Å². The van der Waals surface area contributed by atoms with Gasteiger partial charge >= 0.3 is 0 Å². The number of hydrogen-bond acceptors (Lipinski definition) is 2. The molecular formula is C21H20O2. The van der Waals surface area contributed by atoms with E-state index in [4.69, 9.17) is 9.15 Å². The molecule has 4 aromatic rings. The maximum atomic E-state index is 6.26. The largest absolute Gasteiger partial charge is 0.497 e. The van der Waals surface area contributed by atoms with E-state index >= 15 is 0 Å². The molecule has 2 nitrogen and oxygen atoms in total. The van der Waals surface area contributed by atoms with Crippen molar-refractivity contribution in [3.8, 4) is 5.75 Å². The maximum absolute atomic E-state index is 6.26. The molecule has 2 heteroatoms. The molecule has 0 saturated carbocycles. The van der Waals surface area contributed by atoms with Crippen LogP contribution in [0.3, 0.4) is 0 Å². The number of ether oxygens (including phenoxy) is 1. The van der Waals surface area contributed by atoms with Crippen molar-refractivity contribution in [2.75, 3.05) is 7.11 Å². The molecule has 0 amide bonds. The van der Waals surface area contributed by atoms with Crippen LogP contribution in [0.4, 0.5) is 0 Å². The van der Waals surface area contributed by atoms with Gasteiger partial charge in [0.1, 0.15) is 16.9 Å². The molecule has 0 atom stereocenters. The first-order valence-corrected chi connectivity index (χ1v) is 7.91. The van der Waals surface area contributed by atoms with E-state index in [-0.39, 0.29) is 5.41 Å². The Morgan fingerprint density at radius 3 is 2.43 bits per heavy atom. The van der Waals surface area contributed by atoms with Gasteiger partial charge in [0.15, 0.2) is 0 Å². The summed E-state index contributed by atoms with van der Waals surface area (Å²) in [5, 5.41) is 4.74. The number of benzene rings is 3. The first kappa shape index (κ1) is 14.1. The number of rotatable bonds is 1. The lowest BCUT2D eigenvalue weighted by molar-refractivity contribution is 0.413. The van der Waals surface area contributed by atoms with Crippen molar-refractivity contribution >= 4 is 32.7 Å². The topological polar surface area (TPSA) is 22.4 Å². The minimum absolute atomic E-state index is 0.0174. The van der Waals surface area contributed by atoms with Crippen molar-refractivity contribution in [1.29, 1.82) is 0 Å². The molecule has 23 heavy (non-hydrogen) atoms. The van der Waals surface area contributed by atoms with Crippen molar-refractivity contribution in [1.82, 2.24) is 0 Å². The molecule has 0 unspecified atom stereocenters. The molecule has 0 bridgehead atoms. The van der Waals surface area contributed by atoms with Gasteiger partial charge in [0, 0.05) is 16.3 Å². The molecule has 0 aliphatic rings. The Bertz CT molecular complexity index is 1030. The average molecular weight is 304 g/mol. The molecule has 0 aliphatic heterocycles. The van der Waals surface area contributed by atoms with Crippen LogP contribution in [0, 0.1) is 0 Å². The van der Waals surface area contributed by atoms with Crippen LogP contribution in [-0.4, -0.2) is 7.11 Å². The highest BCUT2D eigenvalue weighted by atomic mass is 16.5. The summed E-state index contributed by atoms with van der Waals surface area (Å²) in [6, 6.07) is 16.8. The predicted molar refractivity (Wildman–Crippen MR) is 96.5 cm³/mol. The van der Waals surface area contributed by atoms with Gasteiger partial charge < -0.3 is 9.15 Å². The molecule has 0 radical (unpaired) electrons. The van der Waals surface area contributed by atoms with Gasteiger partial charge in [0.25, 0.3) is 0 Å². The highest BCUT2D eigenvalue weighted by Crippen LogP contribution is 2.41. The summed E-state index contributed by atoms with van der Waals surface area (Å²) < 4.78 is 11.8. The van der Waals surface area contributed by atoms with Crippen molar-refractivity contribution in [2.24, 2.45) is 0 Å². The summed E-state index contributed by atoms with van der Waals surface area (Å²) in [6.07, 6.45) is 0. The zero-order chi connectivity index (χ0) is 16.2. The summed E-state index contributed by atoms with van der Waals surface area (Å²) in [5.41, 5.74) is 3.05. The number of fused-ring (bicyclic) bond motifs is 5. The van der Waals surface area contributed by atoms with Gasteiger partial charge in [-0.3, -0.25) is 0 Å². The average Bonchev–Trinajstić information content (AvgIpc) is 2.91. The van der Waals surface area contributed by atoms with Crippen molar-refractivity contribution in [2.45, 2.75) is 26.2 Å². The Hall–Kier alpha value is -2.48. The predicted octanol–water partition coefficient (Wildman–Crippen LogP) is 6.05. The quantitative estimate of drug-likeness (QED) is 0.427. The summed E-state index contributed by atoms with van der Waals surface area (Å²) >= 11 is 0. The molecule has 0 N–H and O–H groups in total. The normalized spacial score (nSPS) is 12.3. The first-order valence-electron chi connectivity index (χ1n) is 7.91. The molecule has 0 saturated heterocycles. The lowest BCUT2D eigenvalue weighted by Crippen LogP contribution is -2.11. The van der Waals surface area contributed by atoms with E-state index in [0.717, 1.165) is 22.3 Å². The third kappa shape index (κ3) is 2.09. The first-order chi connectivity index (χ1) is 11.0. The molecule has 0 spiro atoms. The van der Waals surface area contributed by atoms with E-state index in [0.29, 0.717) is 0 Å². The zero-order valence-electron chi connectivity index (χ0n) is 13.9. The molecule has 1 heterocycles. The Morgan fingerprint density at radius 2 is 1.70 bits per heavy atom. The van der Waals surface area contributed by atoms with Crippen LogP contribution in [0.15, 0.2) is 52.9 Å². The molecule has 4 rings (SSSR count). The summed E-state index contributed by atoms with van der Waals surface area (Å²) in [7, 11) is 1.72. The van der Waals surface area contributed by atoms with E-state index in [2.05, 4.69) is 69.3 Å². The highest BCUT2D eigenvalue weighted by molar-refractivity contribution is 6.19. The summed E-state index contributed by atoms with van der Waals surface area (Å²) in [6.45, 7) is 6.60. The second-order valence-electron chi connectivity index (χ2n) is 7.06. The van der Waals surface area contributed by atoms with Crippen LogP contribution >= 0.6 is 0 Å². The third-order valence-corrected chi connectivity index (χ3v) is 4.48. The lowest BCUT2D eigenvalue weighted by Gasteiger charge is -2.20. The lowest BCUT2D eigenvalue weighted by atomic mass is 9.85. The molecule has 0 aliphatic carbocycles. The van der Waals surface area contributed by atoms with Gasteiger partial charge in [0.05, 0.1) is 7.11 Å². The van der Waals surface area contributed by atoms with Crippen LogP contribution in [0.5, 0.6) is 5.75 Å². The fraction of sp³-hybridized carbons (Fsp3) is 0.238. The number of methoxy groups -OCH3 is 1. The van der Waals surface area contributed by atoms with Crippen molar-refractivity contribution in [3.05, 3.63) is 54.1 Å². The third-order valence-electron chi connectivity index (χ3n) is 4.48. The van der Waals surface area contributed by atoms with Crippen LogP contribution < -0.4 is 4.74 Å². The monoisotopic (exact) mass is 304 g/mol. The van der Waals surface area contributed by atoms with Crippen LogP contribution in [0.2, 0.25) is 0 Å². The zero-order valence-corrected chi connectivity index (χ0v) is 13.9. The summed E-state index contributed by atoms with van der Waals surface area (Å²) in [5.74, 6) is 0.873. The molecular weight excluding hydrogens is 284 g/mol. The molecule has 116 valence electrons. The van der Waals surface area contributed by atoms with E-state index in [1.54, 1.807) is 7.11 Å². The smallest absolute Gasteiger partial charge is 0.139 e. The van der Waals surface area contributed by atoms with E-state index in [1.165, 1.54) is 21.7 Å². The van der Waals surface area contributed by atoms with Crippen molar-refractivity contribution < 1.29 is 9.15 Å². The maximum Gasteiger partial charge on any atom is 0.139 e. The second-order valence-corrected chi connectivity index (χ2v) is 7.06. The molecule has 3 aromatic carbocycles. The van der Waals surface area contributed by atoms with E-state index < -0.39 is 0 Å². The number of furan rings is 1. The second kappa shape index (κ2) is 4.76. The fourth-order valence-corrected chi connectivity index (χ4v) is 3.30. The molecule has 1 aromatic heterocycles. The Balaban J connectivity index is 2.25. The number of hydrogen-bond donors (Lipinski definition) is 0. The summed E-state index contributed by atoms with van der Waals surface area (Å²) in [4.78, 5) is 0. The van der Waals surface area contributed by atoms with Gasteiger partial charge in [0.2, 0.25) is 0 Å². The van der Waals surface area contributed by atoms with Gasteiger partial charge in [-0.2, -0.15) is 0 Å². The minimum Gasteiger partial charge on any atom is -0.497 e. The standard InChI is InChI=1S/C21H20O2/c1-21(2,3)17-12-14(22-4)11-16-19-15-8-6-5-7-13(15)9-10-18(19)23-20(16)17/h5-12H,1-4H3. The highest BCUT2D eigenvalue weighted by Gasteiger charge is 2.23. The molecule has 0 fully saturated rings. The Labute approximate surface area is 135 Å². The van der Waals surface area contributed by atoms with Crippen LogP contribution in [0.25, 0.3) is 32.7 Å². The van der Waals surface area contributed by atoms with Crippen molar-refractivity contribution in [3.63, 3.8) is 0 Å².